The molecule has 2 N–H and O–H groups in total. The number of halogens is 1. The fourth-order valence-electron chi connectivity index (χ4n) is 4.35. The first-order valence-corrected chi connectivity index (χ1v) is 10.1. The molecular weight excluding hydrogens is 447 g/mol. The summed E-state index contributed by atoms with van der Waals surface area (Å²) in [6, 6.07) is 9.29. The second kappa shape index (κ2) is 11.1. The Labute approximate surface area is 181 Å². The van der Waals surface area contributed by atoms with E-state index in [1.807, 2.05) is 7.05 Å². The van der Waals surface area contributed by atoms with Crippen LogP contribution >= 0.6 is 24.0 Å². The third kappa shape index (κ3) is 6.79. The Morgan fingerprint density at radius 2 is 1.70 bits per heavy atom. The quantitative estimate of drug-likeness (QED) is 0.287. The Hall–Kier alpha value is -1.08. The van der Waals surface area contributed by atoms with E-state index in [0.717, 1.165) is 43.7 Å². The van der Waals surface area contributed by atoms with Gasteiger partial charge in [-0.05, 0) is 42.2 Å². The van der Waals surface area contributed by atoms with Crippen molar-refractivity contribution in [2.75, 3.05) is 20.1 Å². The summed E-state index contributed by atoms with van der Waals surface area (Å²) >= 11 is 0. The first-order valence-electron chi connectivity index (χ1n) is 10.1. The minimum atomic E-state index is 0. The SMILES string of the molecule is CN=C(NCc1ccccc1CN1CC(C)CC(C)C1)NC1CC=CC1.I. The lowest BCUT2D eigenvalue weighted by Crippen LogP contribution is -2.42. The van der Waals surface area contributed by atoms with E-state index in [1.165, 1.54) is 30.6 Å². The van der Waals surface area contributed by atoms with E-state index in [0.29, 0.717) is 6.04 Å². The minimum Gasteiger partial charge on any atom is -0.353 e. The maximum Gasteiger partial charge on any atom is 0.191 e. The fraction of sp³-hybridized carbons (Fsp3) is 0.591. The summed E-state index contributed by atoms with van der Waals surface area (Å²) in [5.74, 6) is 2.49. The zero-order valence-electron chi connectivity index (χ0n) is 16.9. The number of benzene rings is 1. The summed E-state index contributed by atoms with van der Waals surface area (Å²) in [7, 11) is 1.85. The molecule has 1 aliphatic heterocycles. The van der Waals surface area contributed by atoms with E-state index < -0.39 is 0 Å². The van der Waals surface area contributed by atoms with Crippen molar-refractivity contribution in [3.63, 3.8) is 0 Å². The van der Waals surface area contributed by atoms with Gasteiger partial charge >= 0.3 is 0 Å². The van der Waals surface area contributed by atoms with Crippen LogP contribution < -0.4 is 10.6 Å². The van der Waals surface area contributed by atoms with Crippen molar-refractivity contribution in [1.29, 1.82) is 0 Å². The van der Waals surface area contributed by atoms with E-state index in [4.69, 9.17) is 0 Å². The molecule has 3 rings (SSSR count). The third-order valence-electron chi connectivity index (χ3n) is 5.48. The van der Waals surface area contributed by atoms with Gasteiger partial charge in [-0.25, -0.2) is 0 Å². The molecule has 0 radical (unpaired) electrons. The first kappa shape index (κ1) is 22.2. The molecule has 0 spiro atoms. The summed E-state index contributed by atoms with van der Waals surface area (Å²) in [6.07, 6.45) is 8.00. The molecule has 0 bridgehead atoms. The second-order valence-corrected chi connectivity index (χ2v) is 8.12. The summed E-state index contributed by atoms with van der Waals surface area (Å²) in [5, 5.41) is 7.01. The number of nitrogens with one attached hydrogen (secondary N) is 2. The monoisotopic (exact) mass is 482 g/mol. The van der Waals surface area contributed by atoms with Gasteiger partial charge in [-0.1, -0.05) is 50.3 Å². The first-order chi connectivity index (χ1) is 12.6. The van der Waals surface area contributed by atoms with Crippen molar-refractivity contribution in [3.8, 4) is 0 Å². The third-order valence-corrected chi connectivity index (χ3v) is 5.48. The molecule has 1 saturated heterocycles. The topological polar surface area (TPSA) is 39.7 Å². The van der Waals surface area contributed by atoms with Crippen LogP contribution in [0.1, 0.15) is 44.2 Å². The average molecular weight is 482 g/mol. The van der Waals surface area contributed by atoms with Crippen molar-refractivity contribution < 1.29 is 0 Å². The molecular formula is C22H35IN4. The Morgan fingerprint density at radius 3 is 2.33 bits per heavy atom. The average Bonchev–Trinajstić information content (AvgIpc) is 3.12. The maximum atomic E-state index is 4.39. The molecule has 0 amide bonds. The number of nitrogens with zero attached hydrogens (tertiary/aromatic N) is 2. The van der Waals surface area contributed by atoms with Gasteiger partial charge in [0, 0.05) is 39.3 Å². The van der Waals surface area contributed by atoms with Crippen LogP contribution in [0.2, 0.25) is 0 Å². The summed E-state index contributed by atoms with van der Waals surface area (Å²) in [4.78, 5) is 7.01. The number of aliphatic imine (C=N–C) groups is 1. The molecule has 0 aromatic heterocycles. The van der Waals surface area contributed by atoms with Crippen molar-refractivity contribution in [1.82, 2.24) is 15.5 Å². The molecule has 0 saturated carbocycles. The van der Waals surface area contributed by atoms with Crippen LogP contribution in [-0.4, -0.2) is 37.0 Å². The van der Waals surface area contributed by atoms with E-state index in [1.54, 1.807) is 0 Å². The van der Waals surface area contributed by atoms with Gasteiger partial charge in [0.2, 0.25) is 0 Å². The summed E-state index contributed by atoms with van der Waals surface area (Å²) in [5.41, 5.74) is 2.80. The number of piperidine rings is 1. The van der Waals surface area contributed by atoms with E-state index >= 15 is 0 Å². The number of guanidine groups is 1. The van der Waals surface area contributed by atoms with E-state index in [-0.39, 0.29) is 24.0 Å². The normalized spacial score (nSPS) is 23.9. The van der Waals surface area contributed by atoms with Gasteiger partial charge in [0.1, 0.15) is 0 Å². The van der Waals surface area contributed by atoms with Crippen LogP contribution in [-0.2, 0) is 13.1 Å². The van der Waals surface area contributed by atoms with Crippen molar-refractivity contribution in [2.45, 2.75) is 52.2 Å². The molecule has 2 unspecified atom stereocenters. The molecule has 2 atom stereocenters. The van der Waals surface area contributed by atoms with Crippen LogP contribution in [0.5, 0.6) is 0 Å². The highest BCUT2D eigenvalue weighted by molar-refractivity contribution is 14.0. The summed E-state index contributed by atoms with van der Waals surface area (Å²) < 4.78 is 0. The van der Waals surface area contributed by atoms with Crippen LogP contribution in [0.3, 0.4) is 0 Å². The molecule has 1 heterocycles. The number of likely N-dealkylation sites (tertiary alicyclic amines) is 1. The van der Waals surface area contributed by atoms with Gasteiger partial charge in [0.05, 0.1) is 0 Å². The molecule has 1 aromatic rings. The highest BCUT2D eigenvalue weighted by atomic mass is 127. The fourth-order valence-corrected chi connectivity index (χ4v) is 4.35. The van der Waals surface area contributed by atoms with Crippen molar-refractivity contribution >= 4 is 29.9 Å². The van der Waals surface area contributed by atoms with Crippen LogP contribution in [0.15, 0.2) is 41.4 Å². The van der Waals surface area contributed by atoms with Gasteiger partial charge in [-0.3, -0.25) is 9.89 Å². The molecule has 27 heavy (non-hydrogen) atoms. The van der Waals surface area contributed by atoms with Gasteiger partial charge in [0.25, 0.3) is 0 Å². The molecule has 150 valence electrons. The van der Waals surface area contributed by atoms with Crippen LogP contribution in [0, 0.1) is 11.8 Å². The second-order valence-electron chi connectivity index (χ2n) is 8.12. The maximum absolute atomic E-state index is 4.39. The number of rotatable bonds is 5. The predicted molar refractivity (Wildman–Crippen MR) is 126 cm³/mol. The standard InChI is InChI=1S/C22H34N4.HI/c1-17-12-18(2)15-26(14-17)16-20-9-5-4-8-19(20)13-24-22(23-3)25-21-10-6-7-11-21;/h4-9,17-18,21H,10-16H2,1-3H3,(H2,23,24,25);1H. The van der Waals surface area contributed by atoms with Gasteiger partial charge in [-0.2, -0.15) is 0 Å². The molecule has 4 nitrogen and oxygen atoms in total. The van der Waals surface area contributed by atoms with Gasteiger partial charge < -0.3 is 10.6 Å². The van der Waals surface area contributed by atoms with E-state index in [2.05, 4.69) is 70.8 Å². The number of hydrogen-bond donors (Lipinski definition) is 2. The Kier molecular flexibility index (Phi) is 9.09. The highest BCUT2D eigenvalue weighted by Crippen LogP contribution is 2.23. The van der Waals surface area contributed by atoms with Gasteiger partial charge in [-0.15, -0.1) is 24.0 Å². The van der Waals surface area contributed by atoms with Crippen molar-refractivity contribution in [3.05, 3.63) is 47.5 Å². The lowest BCUT2D eigenvalue weighted by molar-refractivity contribution is 0.134. The zero-order valence-corrected chi connectivity index (χ0v) is 19.3. The Morgan fingerprint density at radius 1 is 1.07 bits per heavy atom. The largest absolute Gasteiger partial charge is 0.353 e. The minimum absolute atomic E-state index is 0. The zero-order chi connectivity index (χ0) is 18.4. The van der Waals surface area contributed by atoms with Crippen LogP contribution in [0.25, 0.3) is 0 Å². The Bertz CT molecular complexity index is 625. The van der Waals surface area contributed by atoms with E-state index in [9.17, 15) is 0 Å². The lowest BCUT2D eigenvalue weighted by atomic mass is 9.91. The molecule has 1 fully saturated rings. The Balaban J connectivity index is 0.00000261. The lowest BCUT2D eigenvalue weighted by Gasteiger charge is -2.35. The molecule has 1 aliphatic carbocycles. The highest BCUT2D eigenvalue weighted by Gasteiger charge is 2.22. The number of hydrogen-bond acceptors (Lipinski definition) is 2. The summed E-state index contributed by atoms with van der Waals surface area (Å²) in [6.45, 7) is 9.04. The smallest absolute Gasteiger partial charge is 0.191 e. The molecule has 2 aliphatic rings. The predicted octanol–water partition coefficient (Wildman–Crippen LogP) is 4.17. The molecule has 5 heteroatoms. The van der Waals surface area contributed by atoms with Gasteiger partial charge in [0.15, 0.2) is 5.96 Å². The van der Waals surface area contributed by atoms with Crippen LogP contribution in [0.4, 0.5) is 0 Å². The van der Waals surface area contributed by atoms with Crippen molar-refractivity contribution in [2.24, 2.45) is 16.8 Å². The molecule has 1 aromatic carbocycles.